The van der Waals surface area contributed by atoms with Crippen LogP contribution in [0.1, 0.15) is 30.1 Å². The minimum absolute atomic E-state index is 0.168. The van der Waals surface area contributed by atoms with E-state index in [4.69, 9.17) is 9.97 Å². The lowest BCUT2D eigenvalue weighted by molar-refractivity contribution is 0.0697. The van der Waals surface area contributed by atoms with Crippen LogP contribution in [0.5, 0.6) is 0 Å². The lowest BCUT2D eigenvalue weighted by Gasteiger charge is -2.32. The Morgan fingerprint density at radius 3 is 2.44 bits per heavy atom. The molecule has 2 aromatic carbocycles. The number of rotatable bonds is 3. The van der Waals surface area contributed by atoms with E-state index in [0.717, 1.165) is 37.3 Å². The monoisotopic (exact) mass is 365 g/mol. The third kappa shape index (κ3) is 3.47. The van der Waals surface area contributed by atoms with Crippen molar-refractivity contribution in [2.24, 2.45) is 5.92 Å². The second kappa shape index (κ2) is 6.95. The van der Waals surface area contributed by atoms with E-state index < -0.39 is 5.97 Å². The van der Waals surface area contributed by atoms with Gasteiger partial charge in [0, 0.05) is 18.7 Å². The van der Waals surface area contributed by atoms with Crippen molar-refractivity contribution in [2.45, 2.75) is 19.8 Å². The Kier molecular flexibility index (Phi) is 4.48. The summed E-state index contributed by atoms with van der Waals surface area (Å²) in [5.41, 5.74) is 2.75. The van der Waals surface area contributed by atoms with Gasteiger partial charge in [0.15, 0.2) is 5.82 Å². The SMILES string of the molecule is CC1CCN(c2nc3ccc(C(=O)O)cc3nc2-c2ccc(F)cc2)CC1. The normalized spacial score (nSPS) is 15.3. The standard InChI is InChI=1S/C21H20FN3O2/c1-13-8-10-25(11-9-13)20-19(14-2-5-16(22)6-3-14)23-18-12-15(21(26)27)4-7-17(18)24-20/h2-7,12-13H,8-11H2,1H3,(H,26,27). The van der Waals surface area contributed by atoms with Gasteiger partial charge >= 0.3 is 5.97 Å². The summed E-state index contributed by atoms with van der Waals surface area (Å²) in [6, 6.07) is 10.9. The lowest BCUT2D eigenvalue weighted by Crippen LogP contribution is -2.34. The fourth-order valence-corrected chi connectivity index (χ4v) is 3.42. The number of aromatic nitrogens is 2. The summed E-state index contributed by atoms with van der Waals surface area (Å²) in [4.78, 5) is 23.0. The summed E-state index contributed by atoms with van der Waals surface area (Å²) in [5, 5.41) is 9.25. The van der Waals surface area contributed by atoms with Gasteiger partial charge in [-0.15, -0.1) is 0 Å². The predicted octanol–water partition coefficient (Wildman–Crippen LogP) is 4.37. The Bertz CT molecular complexity index is 996. The molecule has 27 heavy (non-hydrogen) atoms. The average molecular weight is 365 g/mol. The molecular formula is C21H20FN3O2. The minimum atomic E-state index is -1.00. The number of halogens is 1. The summed E-state index contributed by atoms with van der Waals surface area (Å²) < 4.78 is 13.4. The molecule has 1 aliphatic rings. The second-order valence-electron chi connectivity index (χ2n) is 7.08. The number of carboxylic acids is 1. The molecule has 0 spiro atoms. The fourth-order valence-electron chi connectivity index (χ4n) is 3.42. The Balaban J connectivity index is 1.88. The van der Waals surface area contributed by atoms with Gasteiger partial charge in [-0.3, -0.25) is 0 Å². The Morgan fingerprint density at radius 1 is 1.07 bits per heavy atom. The lowest BCUT2D eigenvalue weighted by atomic mass is 9.99. The number of carbonyl (C=O) groups is 1. The summed E-state index contributed by atoms with van der Waals surface area (Å²) >= 11 is 0. The van der Waals surface area contributed by atoms with E-state index in [-0.39, 0.29) is 11.4 Å². The van der Waals surface area contributed by atoms with E-state index in [0.29, 0.717) is 22.6 Å². The van der Waals surface area contributed by atoms with E-state index >= 15 is 0 Å². The third-order valence-electron chi connectivity index (χ3n) is 5.09. The summed E-state index contributed by atoms with van der Waals surface area (Å²) in [6.45, 7) is 4.03. The number of nitrogens with zero attached hydrogens (tertiary/aromatic N) is 3. The van der Waals surface area contributed by atoms with Crippen molar-refractivity contribution in [3.63, 3.8) is 0 Å². The van der Waals surface area contributed by atoms with Crippen LogP contribution in [-0.4, -0.2) is 34.1 Å². The summed E-state index contributed by atoms with van der Waals surface area (Å²) in [6.07, 6.45) is 2.17. The van der Waals surface area contributed by atoms with Crippen LogP contribution in [-0.2, 0) is 0 Å². The first-order chi connectivity index (χ1) is 13.0. The van der Waals surface area contributed by atoms with Gasteiger partial charge in [-0.1, -0.05) is 6.92 Å². The number of aromatic carboxylic acids is 1. The molecule has 0 amide bonds. The minimum Gasteiger partial charge on any atom is -0.478 e. The molecule has 0 bridgehead atoms. The topological polar surface area (TPSA) is 66.3 Å². The molecule has 0 unspecified atom stereocenters. The predicted molar refractivity (Wildman–Crippen MR) is 103 cm³/mol. The highest BCUT2D eigenvalue weighted by molar-refractivity contribution is 5.93. The Labute approximate surface area is 156 Å². The maximum Gasteiger partial charge on any atom is 0.335 e. The zero-order chi connectivity index (χ0) is 19.0. The van der Waals surface area contributed by atoms with Gasteiger partial charge in [0.2, 0.25) is 0 Å². The summed E-state index contributed by atoms with van der Waals surface area (Å²) in [7, 11) is 0. The van der Waals surface area contributed by atoms with E-state index in [2.05, 4.69) is 11.8 Å². The Morgan fingerprint density at radius 2 is 1.78 bits per heavy atom. The average Bonchev–Trinajstić information content (AvgIpc) is 2.68. The largest absolute Gasteiger partial charge is 0.478 e. The molecule has 0 saturated carbocycles. The van der Waals surface area contributed by atoms with Crippen molar-refractivity contribution in [1.29, 1.82) is 0 Å². The highest BCUT2D eigenvalue weighted by Crippen LogP contribution is 2.32. The molecule has 0 aliphatic carbocycles. The van der Waals surface area contributed by atoms with E-state index in [1.54, 1.807) is 24.3 Å². The van der Waals surface area contributed by atoms with Crippen LogP contribution in [0.15, 0.2) is 42.5 Å². The molecule has 1 aromatic heterocycles. The molecule has 2 heterocycles. The number of anilines is 1. The number of fused-ring (bicyclic) bond motifs is 1. The first-order valence-electron chi connectivity index (χ1n) is 9.07. The van der Waals surface area contributed by atoms with Crippen LogP contribution in [0.3, 0.4) is 0 Å². The molecule has 1 saturated heterocycles. The van der Waals surface area contributed by atoms with Crippen LogP contribution in [0, 0.1) is 11.7 Å². The molecule has 138 valence electrons. The molecule has 1 aliphatic heterocycles. The number of hydrogen-bond donors (Lipinski definition) is 1. The second-order valence-corrected chi connectivity index (χ2v) is 7.08. The fraction of sp³-hybridized carbons (Fsp3) is 0.286. The van der Waals surface area contributed by atoms with Gasteiger partial charge in [0.05, 0.1) is 16.6 Å². The van der Waals surface area contributed by atoms with Crippen LogP contribution < -0.4 is 4.90 Å². The smallest absolute Gasteiger partial charge is 0.335 e. The van der Waals surface area contributed by atoms with E-state index in [1.165, 1.54) is 18.2 Å². The zero-order valence-electron chi connectivity index (χ0n) is 15.0. The molecule has 1 fully saturated rings. The van der Waals surface area contributed by atoms with Crippen LogP contribution in [0.2, 0.25) is 0 Å². The van der Waals surface area contributed by atoms with E-state index in [9.17, 15) is 14.3 Å². The molecule has 3 aromatic rings. The maximum absolute atomic E-state index is 13.4. The van der Waals surface area contributed by atoms with Crippen LogP contribution in [0.4, 0.5) is 10.2 Å². The van der Waals surface area contributed by atoms with Crippen molar-refractivity contribution >= 4 is 22.8 Å². The molecule has 4 rings (SSSR count). The maximum atomic E-state index is 13.4. The molecule has 5 nitrogen and oxygen atoms in total. The van der Waals surface area contributed by atoms with Gasteiger partial charge in [0.1, 0.15) is 11.5 Å². The van der Waals surface area contributed by atoms with E-state index in [1.807, 2.05) is 0 Å². The van der Waals surface area contributed by atoms with Crippen molar-refractivity contribution in [3.8, 4) is 11.3 Å². The van der Waals surface area contributed by atoms with Gasteiger partial charge in [-0.25, -0.2) is 19.2 Å². The van der Waals surface area contributed by atoms with Crippen molar-refractivity contribution in [1.82, 2.24) is 9.97 Å². The highest BCUT2D eigenvalue weighted by Gasteiger charge is 2.22. The van der Waals surface area contributed by atoms with Gasteiger partial charge < -0.3 is 10.0 Å². The first kappa shape index (κ1) is 17.4. The van der Waals surface area contributed by atoms with Gasteiger partial charge in [0.25, 0.3) is 0 Å². The Hall–Kier alpha value is -3.02. The highest BCUT2D eigenvalue weighted by atomic mass is 19.1. The van der Waals surface area contributed by atoms with Gasteiger partial charge in [-0.2, -0.15) is 0 Å². The van der Waals surface area contributed by atoms with Crippen LogP contribution in [0.25, 0.3) is 22.3 Å². The molecule has 0 radical (unpaired) electrons. The first-order valence-corrected chi connectivity index (χ1v) is 9.07. The summed E-state index contributed by atoms with van der Waals surface area (Å²) in [5.74, 6) is 0.135. The van der Waals surface area contributed by atoms with Crippen LogP contribution >= 0.6 is 0 Å². The van der Waals surface area contributed by atoms with Gasteiger partial charge in [-0.05, 0) is 61.2 Å². The van der Waals surface area contributed by atoms with Crippen molar-refractivity contribution in [3.05, 3.63) is 53.8 Å². The van der Waals surface area contributed by atoms with Crippen molar-refractivity contribution in [2.75, 3.05) is 18.0 Å². The van der Waals surface area contributed by atoms with Crippen molar-refractivity contribution < 1.29 is 14.3 Å². The quantitative estimate of drug-likeness (QED) is 0.746. The number of piperidine rings is 1. The number of benzene rings is 2. The molecule has 1 N–H and O–H groups in total. The molecule has 0 atom stereocenters. The number of carboxylic acid groups (broad SMARTS) is 1. The number of hydrogen-bond acceptors (Lipinski definition) is 4. The molecular weight excluding hydrogens is 345 g/mol. The molecule has 6 heteroatoms. The third-order valence-corrected chi connectivity index (χ3v) is 5.09. The zero-order valence-corrected chi connectivity index (χ0v) is 15.0.